The smallest absolute Gasteiger partial charge is 0.266 e. The number of halogens is 1. The molecule has 0 saturated carbocycles. The summed E-state index contributed by atoms with van der Waals surface area (Å²) >= 11 is 6.07. The first kappa shape index (κ1) is 18.6. The van der Waals surface area contributed by atoms with Gasteiger partial charge in [-0.1, -0.05) is 23.7 Å². The fourth-order valence-electron chi connectivity index (χ4n) is 2.29. The van der Waals surface area contributed by atoms with Crippen molar-refractivity contribution in [3.63, 3.8) is 0 Å². The van der Waals surface area contributed by atoms with Crippen LogP contribution in [0.2, 0.25) is 5.02 Å². The molecule has 0 heterocycles. The zero-order chi connectivity index (χ0) is 18.4. The molecule has 0 atom stereocenters. The van der Waals surface area contributed by atoms with Crippen molar-refractivity contribution >= 4 is 29.3 Å². The zero-order valence-corrected chi connectivity index (χ0v) is 15.1. The molecule has 2 aromatic carbocycles. The first-order valence-corrected chi connectivity index (χ1v) is 8.24. The Labute approximate surface area is 152 Å². The molecule has 1 amide bonds. The van der Waals surface area contributed by atoms with Gasteiger partial charge in [0.1, 0.15) is 17.4 Å². The number of hydrogen-bond donors (Lipinski definition) is 1. The number of ether oxygens (including phenoxy) is 1. The maximum Gasteiger partial charge on any atom is 0.266 e. The van der Waals surface area contributed by atoms with Crippen LogP contribution < -0.4 is 10.1 Å². The van der Waals surface area contributed by atoms with E-state index >= 15 is 0 Å². The molecule has 4 nitrogen and oxygen atoms in total. The molecule has 0 spiro atoms. The Hall–Kier alpha value is -2.77. The number of nitrogens with zero attached hydrogens (tertiary/aromatic N) is 1. The van der Waals surface area contributed by atoms with Gasteiger partial charge in [0.25, 0.3) is 5.91 Å². The van der Waals surface area contributed by atoms with Crippen LogP contribution in [0.3, 0.4) is 0 Å². The quantitative estimate of drug-likeness (QED) is 0.613. The van der Waals surface area contributed by atoms with Crippen LogP contribution in [0.5, 0.6) is 5.75 Å². The van der Waals surface area contributed by atoms with E-state index in [1.807, 2.05) is 45.0 Å². The Balaban J connectivity index is 2.29. The Bertz CT molecular complexity index is 866. The fourth-order valence-corrected chi connectivity index (χ4v) is 2.53. The second-order valence-corrected chi connectivity index (χ2v) is 6.03. The molecule has 0 saturated heterocycles. The van der Waals surface area contributed by atoms with Crippen LogP contribution in [0.25, 0.3) is 6.08 Å². The van der Waals surface area contributed by atoms with E-state index in [1.165, 1.54) is 6.08 Å². The number of aryl methyl sites for hydroxylation is 2. The van der Waals surface area contributed by atoms with Crippen molar-refractivity contribution in [2.45, 2.75) is 20.8 Å². The van der Waals surface area contributed by atoms with Crippen LogP contribution in [-0.4, -0.2) is 12.5 Å². The van der Waals surface area contributed by atoms with Crippen molar-refractivity contribution in [3.05, 3.63) is 63.7 Å². The van der Waals surface area contributed by atoms with Gasteiger partial charge >= 0.3 is 0 Å². The molecule has 0 bridgehead atoms. The molecule has 1 N–H and O–H groups in total. The Kier molecular flexibility index (Phi) is 6.21. The van der Waals surface area contributed by atoms with Crippen LogP contribution >= 0.6 is 11.6 Å². The molecular weight excluding hydrogens is 336 g/mol. The number of nitriles is 1. The van der Waals surface area contributed by atoms with Crippen molar-refractivity contribution in [2.24, 2.45) is 0 Å². The monoisotopic (exact) mass is 354 g/mol. The van der Waals surface area contributed by atoms with E-state index in [2.05, 4.69) is 5.32 Å². The van der Waals surface area contributed by atoms with E-state index in [0.29, 0.717) is 28.6 Å². The average Bonchev–Trinajstić information content (AvgIpc) is 2.55. The van der Waals surface area contributed by atoms with Crippen molar-refractivity contribution in [1.29, 1.82) is 5.26 Å². The van der Waals surface area contributed by atoms with Gasteiger partial charge in [0.2, 0.25) is 0 Å². The molecule has 2 aromatic rings. The largest absolute Gasteiger partial charge is 0.494 e. The van der Waals surface area contributed by atoms with Gasteiger partial charge in [-0.3, -0.25) is 4.79 Å². The van der Waals surface area contributed by atoms with Gasteiger partial charge in [-0.2, -0.15) is 5.26 Å². The summed E-state index contributed by atoms with van der Waals surface area (Å²) in [5.41, 5.74) is 3.26. The lowest BCUT2D eigenvalue weighted by Gasteiger charge is -2.09. The number of amides is 1. The molecule has 0 radical (unpaired) electrons. The predicted octanol–water partition coefficient (Wildman–Crippen LogP) is 4.90. The molecule has 0 unspecified atom stereocenters. The standard InChI is InChI=1S/C20H19ClN2O2/c1-4-25-18-10-15(9-17(21)11-18)8-16(12-22)20(24)23-19-7-13(2)5-6-14(19)3/h5-11H,4H2,1-3H3,(H,23,24)/b16-8+. The molecule has 0 aliphatic carbocycles. The Morgan fingerprint density at radius 1 is 1.28 bits per heavy atom. The van der Waals surface area contributed by atoms with Gasteiger partial charge in [0.05, 0.1) is 6.61 Å². The van der Waals surface area contributed by atoms with E-state index in [4.69, 9.17) is 16.3 Å². The summed E-state index contributed by atoms with van der Waals surface area (Å²) in [6, 6.07) is 12.8. The van der Waals surface area contributed by atoms with Crippen LogP contribution in [-0.2, 0) is 4.79 Å². The second-order valence-electron chi connectivity index (χ2n) is 5.60. The van der Waals surface area contributed by atoms with E-state index in [1.54, 1.807) is 18.2 Å². The van der Waals surface area contributed by atoms with Gasteiger partial charge in [-0.05, 0) is 67.8 Å². The molecule has 5 heteroatoms. The molecule has 0 aliphatic heterocycles. The van der Waals surface area contributed by atoms with Gasteiger partial charge in [0, 0.05) is 10.7 Å². The lowest BCUT2D eigenvalue weighted by molar-refractivity contribution is -0.112. The molecule has 128 valence electrons. The number of carbonyl (C=O) groups is 1. The molecular formula is C20H19ClN2O2. The van der Waals surface area contributed by atoms with Gasteiger partial charge in [-0.15, -0.1) is 0 Å². The summed E-state index contributed by atoms with van der Waals surface area (Å²) in [6.45, 7) is 6.21. The van der Waals surface area contributed by atoms with E-state index in [9.17, 15) is 10.1 Å². The fraction of sp³-hybridized carbons (Fsp3) is 0.200. The van der Waals surface area contributed by atoms with Gasteiger partial charge < -0.3 is 10.1 Å². The van der Waals surface area contributed by atoms with Crippen molar-refractivity contribution < 1.29 is 9.53 Å². The molecule has 2 rings (SSSR count). The highest BCUT2D eigenvalue weighted by atomic mass is 35.5. The minimum atomic E-state index is -0.464. The van der Waals surface area contributed by atoms with Crippen LogP contribution in [0.1, 0.15) is 23.6 Å². The van der Waals surface area contributed by atoms with Crippen LogP contribution in [0.15, 0.2) is 42.0 Å². The second kappa shape index (κ2) is 8.36. The molecule has 0 aromatic heterocycles. The lowest BCUT2D eigenvalue weighted by Crippen LogP contribution is -2.14. The van der Waals surface area contributed by atoms with Crippen molar-refractivity contribution in [3.8, 4) is 11.8 Å². The zero-order valence-electron chi connectivity index (χ0n) is 14.4. The highest BCUT2D eigenvalue weighted by Crippen LogP contribution is 2.23. The highest BCUT2D eigenvalue weighted by Gasteiger charge is 2.11. The highest BCUT2D eigenvalue weighted by molar-refractivity contribution is 6.30. The first-order chi connectivity index (χ1) is 11.9. The number of carbonyl (C=O) groups excluding carboxylic acids is 1. The molecule has 0 aliphatic rings. The van der Waals surface area contributed by atoms with Crippen LogP contribution in [0, 0.1) is 25.2 Å². The topological polar surface area (TPSA) is 62.1 Å². The third-order valence-corrected chi connectivity index (χ3v) is 3.74. The summed E-state index contributed by atoms with van der Waals surface area (Å²) in [5.74, 6) is 0.127. The predicted molar refractivity (Wildman–Crippen MR) is 101 cm³/mol. The molecule has 25 heavy (non-hydrogen) atoms. The Morgan fingerprint density at radius 3 is 2.72 bits per heavy atom. The summed E-state index contributed by atoms with van der Waals surface area (Å²) in [5, 5.41) is 12.6. The minimum absolute atomic E-state index is 0.00868. The number of rotatable bonds is 5. The number of nitrogens with one attached hydrogen (secondary N) is 1. The molecule has 0 fully saturated rings. The summed E-state index contributed by atoms with van der Waals surface area (Å²) in [7, 11) is 0. The minimum Gasteiger partial charge on any atom is -0.494 e. The SMILES string of the molecule is CCOc1cc(Cl)cc(/C=C(\C#N)C(=O)Nc2cc(C)ccc2C)c1. The number of anilines is 1. The van der Waals surface area contributed by atoms with E-state index in [0.717, 1.165) is 11.1 Å². The number of benzene rings is 2. The van der Waals surface area contributed by atoms with Gasteiger partial charge in [-0.25, -0.2) is 0 Å². The average molecular weight is 355 g/mol. The maximum atomic E-state index is 12.4. The van der Waals surface area contributed by atoms with Gasteiger partial charge in [0.15, 0.2) is 0 Å². The summed E-state index contributed by atoms with van der Waals surface area (Å²) < 4.78 is 5.43. The third kappa shape index (κ3) is 5.10. The number of hydrogen-bond acceptors (Lipinski definition) is 3. The first-order valence-electron chi connectivity index (χ1n) is 7.86. The normalized spacial score (nSPS) is 10.9. The third-order valence-electron chi connectivity index (χ3n) is 3.52. The lowest BCUT2D eigenvalue weighted by atomic mass is 10.1. The summed E-state index contributed by atoms with van der Waals surface area (Å²) in [6.07, 6.45) is 1.49. The van der Waals surface area contributed by atoms with Crippen molar-refractivity contribution in [2.75, 3.05) is 11.9 Å². The maximum absolute atomic E-state index is 12.4. The summed E-state index contributed by atoms with van der Waals surface area (Å²) in [4.78, 5) is 12.4. The van der Waals surface area contributed by atoms with Crippen molar-refractivity contribution in [1.82, 2.24) is 0 Å². The van der Waals surface area contributed by atoms with E-state index in [-0.39, 0.29) is 5.57 Å². The van der Waals surface area contributed by atoms with Crippen LogP contribution in [0.4, 0.5) is 5.69 Å². The Morgan fingerprint density at radius 2 is 2.04 bits per heavy atom. The van der Waals surface area contributed by atoms with E-state index < -0.39 is 5.91 Å².